The summed E-state index contributed by atoms with van der Waals surface area (Å²) in [5.41, 5.74) is 1.47. The number of aryl methyl sites for hydroxylation is 1. The number of benzene rings is 3. The van der Waals surface area contributed by atoms with Gasteiger partial charge >= 0.3 is 4.94 Å². The quantitative estimate of drug-likeness (QED) is 0.448. The highest BCUT2D eigenvalue weighted by Crippen LogP contribution is 2.30. The molecule has 0 atom stereocenters. The molecule has 0 aliphatic heterocycles. The van der Waals surface area contributed by atoms with E-state index >= 15 is 0 Å². The number of anilines is 1. The lowest BCUT2D eigenvalue weighted by molar-refractivity contribution is 0.101. The zero-order chi connectivity index (χ0) is 22.2. The molecule has 0 saturated carbocycles. The molecule has 9 heteroatoms. The zero-order valence-corrected chi connectivity index (χ0v) is 18.2. The summed E-state index contributed by atoms with van der Waals surface area (Å²) in [5.74, 6) is -0.201. The van der Waals surface area contributed by atoms with E-state index in [-0.39, 0.29) is 16.1 Å². The first-order valence-electron chi connectivity index (χ1n) is 9.14. The Morgan fingerprint density at radius 1 is 1.00 bits per heavy atom. The average Bonchev–Trinajstić information content (AvgIpc) is 3.13. The van der Waals surface area contributed by atoms with Crippen LogP contribution in [0.1, 0.15) is 15.9 Å². The van der Waals surface area contributed by atoms with Gasteiger partial charge in [-0.25, -0.2) is 13.2 Å². The predicted octanol–water partition coefficient (Wildman–Crippen LogP) is 4.21. The Morgan fingerprint density at radius 3 is 2.32 bits per heavy atom. The Labute approximate surface area is 182 Å². The smallest absolute Gasteiger partial charge is 0.396 e. The second kappa shape index (κ2) is 8.01. The van der Waals surface area contributed by atoms with E-state index in [2.05, 4.69) is 0 Å². The van der Waals surface area contributed by atoms with Gasteiger partial charge in [-0.15, -0.1) is 0 Å². The van der Waals surface area contributed by atoms with Crippen molar-refractivity contribution < 1.29 is 22.4 Å². The third-order valence-corrected chi connectivity index (χ3v) is 7.14. The monoisotopic (exact) mass is 455 g/mol. The lowest BCUT2D eigenvalue weighted by Crippen LogP contribution is -2.37. The molecular formula is C22H17NO6S2. The molecule has 3 aromatic carbocycles. The van der Waals surface area contributed by atoms with E-state index in [0.717, 1.165) is 21.2 Å². The Kier molecular flexibility index (Phi) is 5.38. The van der Waals surface area contributed by atoms with Crippen LogP contribution in [0.25, 0.3) is 10.3 Å². The number of hydrogen-bond acceptors (Lipinski definition) is 7. The third-order valence-electron chi connectivity index (χ3n) is 4.63. The second-order valence-corrected chi connectivity index (χ2v) is 9.47. The van der Waals surface area contributed by atoms with E-state index in [4.69, 9.17) is 9.15 Å². The first-order valence-corrected chi connectivity index (χ1v) is 11.4. The number of sulfonamides is 1. The molecule has 4 rings (SSSR count). The highest BCUT2D eigenvalue weighted by molar-refractivity contribution is 7.93. The topological polar surface area (TPSA) is 93.9 Å². The van der Waals surface area contributed by atoms with Crippen LogP contribution in [0.2, 0.25) is 0 Å². The molecule has 0 radical (unpaired) electrons. The number of ether oxygens (including phenoxy) is 1. The summed E-state index contributed by atoms with van der Waals surface area (Å²) < 4.78 is 38.4. The maximum absolute atomic E-state index is 13.5. The van der Waals surface area contributed by atoms with E-state index in [1.807, 2.05) is 6.92 Å². The van der Waals surface area contributed by atoms with Gasteiger partial charge in [0.05, 0.1) is 22.4 Å². The number of methoxy groups -OCH3 is 1. The Morgan fingerprint density at radius 2 is 1.68 bits per heavy atom. The fraction of sp³-hybridized carbons (Fsp3) is 0.0909. The molecule has 1 heterocycles. The molecule has 31 heavy (non-hydrogen) atoms. The molecule has 0 unspecified atom stereocenters. The highest BCUT2D eigenvalue weighted by atomic mass is 32.2. The molecule has 0 fully saturated rings. The van der Waals surface area contributed by atoms with Gasteiger partial charge in [-0.2, -0.15) is 4.31 Å². The minimum absolute atomic E-state index is 0.0274. The standard InChI is InChI=1S/C22H17NO6S2/c1-14-3-10-18(11-4-14)31(26,27)23(21(24)15-5-8-17(28-2)9-6-15)16-7-12-19-20(13-16)30-22(25)29-19/h3-13H,1-2H3. The minimum atomic E-state index is -4.25. The van der Waals surface area contributed by atoms with Crippen molar-refractivity contribution in [1.82, 2.24) is 0 Å². The summed E-state index contributed by atoms with van der Waals surface area (Å²) in [6, 6.07) is 16.7. The van der Waals surface area contributed by atoms with Gasteiger partial charge in [-0.05, 0) is 61.5 Å². The van der Waals surface area contributed by atoms with Crippen LogP contribution in [0.15, 0.2) is 80.8 Å². The minimum Gasteiger partial charge on any atom is -0.497 e. The second-order valence-electron chi connectivity index (χ2n) is 6.70. The summed E-state index contributed by atoms with van der Waals surface area (Å²) in [5, 5.41) is 0. The number of carbonyl (C=O) groups excluding carboxylic acids is 1. The van der Waals surface area contributed by atoms with Crippen LogP contribution in [0, 0.1) is 6.92 Å². The Bertz CT molecular complexity index is 1420. The molecule has 0 spiro atoms. The summed E-state index contributed by atoms with van der Waals surface area (Å²) in [7, 11) is -2.75. The van der Waals surface area contributed by atoms with Crippen LogP contribution >= 0.6 is 11.3 Å². The molecule has 0 bridgehead atoms. The van der Waals surface area contributed by atoms with E-state index < -0.39 is 20.9 Å². The number of carbonyl (C=O) groups is 1. The molecule has 1 aromatic heterocycles. The van der Waals surface area contributed by atoms with Crippen molar-refractivity contribution in [3.05, 3.63) is 87.6 Å². The van der Waals surface area contributed by atoms with E-state index in [1.54, 1.807) is 24.3 Å². The van der Waals surface area contributed by atoms with Crippen molar-refractivity contribution in [2.45, 2.75) is 11.8 Å². The molecular weight excluding hydrogens is 438 g/mol. The molecule has 0 saturated heterocycles. The van der Waals surface area contributed by atoms with Crippen molar-refractivity contribution in [2.75, 3.05) is 11.4 Å². The third kappa shape index (κ3) is 3.97. The van der Waals surface area contributed by atoms with Crippen molar-refractivity contribution >= 4 is 43.2 Å². The summed E-state index contributed by atoms with van der Waals surface area (Å²) in [6.45, 7) is 1.84. The fourth-order valence-corrected chi connectivity index (χ4v) is 5.13. The lowest BCUT2D eigenvalue weighted by Gasteiger charge is -2.23. The molecule has 158 valence electrons. The molecule has 7 nitrogen and oxygen atoms in total. The van der Waals surface area contributed by atoms with Gasteiger partial charge in [-0.1, -0.05) is 29.0 Å². The first-order chi connectivity index (χ1) is 14.8. The maximum Gasteiger partial charge on any atom is 0.396 e. The maximum atomic E-state index is 13.5. The zero-order valence-electron chi connectivity index (χ0n) is 16.6. The molecule has 0 aliphatic carbocycles. The van der Waals surface area contributed by atoms with E-state index in [9.17, 15) is 18.0 Å². The SMILES string of the molecule is COc1ccc(C(=O)N(c2ccc3oc(=O)sc3c2)S(=O)(=O)c2ccc(C)cc2)cc1. The highest BCUT2D eigenvalue weighted by Gasteiger charge is 2.32. The number of nitrogens with zero attached hydrogens (tertiary/aromatic N) is 1. The van der Waals surface area contributed by atoms with Gasteiger partial charge in [0, 0.05) is 5.56 Å². The number of hydrogen-bond donors (Lipinski definition) is 0. The Balaban J connectivity index is 1.88. The molecule has 1 amide bonds. The first kappa shape index (κ1) is 20.8. The largest absolute Gasteiger partial charge is 0.497 e. The van der Waals surface area contributed by atoms with E-state index in [1.165, 1.54) is 49.6 Å². The normalized spacial score (nSPS) is 11.4. The van der Waals surface area contributed by atoms with Crippen molar-refractivity contribution in [3.63, 3.8) is 0 Å². The van der Waals surface area contributed by atoms with Crippen LogP contribution in [0.4, 0.5) is 5.69 Å². The summed E-state index contributed by atoms with van der Waals surface area (Å²) in [6.07, 6.45) is 0. The van der Waals surface area contributed by atoms with Gasteiger partial charge in [0.25, 0.3) is 15.9 Å². The predicted molar refractivity (Wildman–Crippen MR) is 119 cm³/mol. The van der Waals surface area contributed by atoms with Crippen LogP contribution in [-0.2, 0) is 10.0 Å². The van der Waals surface area contributed by atoms with Crippen molar-refractivity contribution in [3.8, 4) is 5.75 Å². The molecule has 0 N–H and O–H groups in total. The van der Waals surface area contributed by atoms with Gasteiger partial charge in [-0.3, -0.25) is 4.79 Å². The van der Waals surface area contributed by atoms with Gasteiger partial charge in [0.15, 0.2) is 0 Å². The van der Waals surface area contributed by atoms with Crippen molar-refractivity contribution in [2.24, 2.45) is 0 Å². The fourth-order valence-electron chi connectivity index (χ4n) is 3.02. The number of fused-ring (bicyclic) bond motifs is 1. The van der Waals surface area contributed by atoms with Crippen LogP contribution in [0.5, 0.6) is 5.75 Å². The van der Waals surface area contributed by atoms with Crippen LogP contribution in [0.3, 0.4) is 0 Å². The number of amides is 1. The summed E-state index contributed by atoms with van der Waals surface area (Å²) >= 11 is 0.833. The molecule has 0 aliphatic rings. The van der Waals surface area contributed by atoms with Gasteiger partial charge < -0.3 is 9.15 Å². The average molecular weight is 456 g/mol. The summed E-state index contributed by atoms with van der Waals surface area (Å²) in [4.78, 5) is 24.4. The van der Waals surface area contributed by atoms with Crippen LogP contribution in [-0.4, -0.2) is 21.4 Å². The lowest BCUT2D eigenvalue weighted by atomic mass is 10.2. The van der Waals surface area contributed by atoms with Crippen molar-refractivity contribution in [1.29, 1.82) is 0 Å². The van der Waals surface area contributed by atoms with Gasteiger partial charge in [0.1, 0.15) is 11.3 Å². The molecule has 4 aromatic rings. The van der Waals surface area contributed by atoms with E-state index in [0.29, 0.717) is 16.0 Å². The Hall–Kier alpha value is -3.43. The number of rotatable bonds is 5. The van der Waals surface area contributed by atoms with Gasteiger partial charge in [0.2, 0.25) is 0 Å². The van der Waals surface area contributed by atoms with Crippen LogP contribution < -0.4 is 14.0 Å².